The molecular formula is C34H36N2O4. The van der Waals surface area contributed by atoms with Gasteiger partial charge in [0.2, 0.25) is 5.89 Å². The summed E-state index contributed by atoms with van der Waals surface area (Å²) in [4.78, 5) is 19.6. The van der Waals surface area contributed by atoms with E-state index in [0.29, 0.717) is 11.7 Å². The van der Waals surface area contributed by atoms with Crippen LogP contribution in [0.4, 0.5) is 0 Å². The van der Waals surface area contributed by atoms with E-state index >= 15 is 0 Å². The molecule has 1 aliphatic rings. The summed E-state index contributed by atoms with van der Waals surface area (Å²) in [5, 5.41) is 0. The summed E-state index contributed by atoms with van der Waals surface area (Å²) in [6.45, 7) is 8.69. The number of hydrogen-bond acceptors (Lipinski definition) is 6. The molecule has 1 fully saturated rings. The average Bonchev–Trinajstić information content (AvgIpc) is 3.60. The zero-order chi connectivity index (χ0) is 27.9. The van der Waals surface area contributed by atoms with Gasteiger partial charge in [0.25, 0.3) is 0 Å². The number of benzene rings is 3. The van der Waals surface area contributed by atoms with Crippen LogP contribution in [-0.4, -0.2) is 36.1 Å². The van der Waals surface area contributed by atoms with Gasteiger partial charge in [0.1, 0.15) is 18.1 Å². The number of likely N-dealkylation sites (tertiary alicyclic amines) is 1. The molecule has 4 aromatic rings. The molecule has 40 heavy (non-hydrogen) atoms. The first-order chi connectivity index (χ1) is 19.5. The number of ether oxygens (including phenoxy) is 2. The highest BCUT2D eigenvalue weighted by Gasteiger charge is 2.37. The Bertz CT molecular complexity index is 1430. The van der Waals surface area contributed by atoms with Gasteiger partial charge in [0.05, 0.1) is 13.0 Å². The maximum absolute atomic E-state index is 12.6. The number of aromatic nitrogens is 1. The monoisotopic (exact) mass is 536 g/mol. The Labute approximate surface area is 236 Å². The molecule has 0 amide bonds. The third-order valence-electron chi connectivity index (χ3n) is 7.45. The van der Waals surface area contributed by atoms with Gasteiger partial charge in [-0.2, -0.15) is 0 Å². The summed E-state index contributed by atoms with van der Waals surface area (Å²) in [6.07, 6.45) is 1.76. The largest absolute Gasteiger partial charge is 0.487 e. The van der Waals surface area contributed by atoms with Crippen LogP contribution < -0.4 is 4.74 Å². The first-order valence-corrected chi connectivity index (χ1v) is 13.8. The van der Waals surface area contributed by atoms with Crippen LogP contribution in [0.1, 0.15) is 35.9 Å². The molecule has 1 aromatic heterocycles. The minimum Gasteiger partial charge on any atom is -0.487 e. The minimum absolute atomic E-state index is 0.111. The summed E-state index contributed by atoms with van der Waals surface area (Å²) in [7, 11) is 1.48. The SMILES string of the molecule is C=C(C)c1oc(-c2ccccc2)nc1COc1cccc(CC[C@@H]2CN(Cc3ccccc3)C[C@H]2C(=O)OC)c1. The predicted octanol–water partition coefficient (Wildman–Crippen LogP) is 6.81. The van der Waals surface area contributed by atoms with E-state index in [1.807, 2.05) is 55.5 Å². The van der Waals surface area contributed by atoms with Crippen molar-refractivity contribution in [3.63, 3.8) is 0 Å². The average molecular weight is 537 g/mol. The Hall–Kier alpha value is -4.16. The fourth-order valence-corrected chi connectivity index (χ4v) is 5.42. The Balaban J connectivity index is 1.22. The predicted molar refractivity (Wildman–Crippen MR) is 156 cm³/mol. The fourth-order valence-electron chi connectivity index (χ4n) is 5.42. The van der Waals surface area contributed by atoms with Gasteiger partial charge in [-0.3, -0.25) is 9.69 Å². The van der Waals surface area contributed by atoms with Crippen molar-refractivity contribution >= 4 is 11.5 Å². The van der Waals surface area contributed by atoms with E-state index in [0.717, 1.165) is 55.1 Å². The van der Waals surface area contributed by atoms with Crippen molar-refractivity contribution in [2.24, 2.45) is 11.8 Å². The molecule has 6 nitrogen and oxygen atoms in total. The second-order valence-corrected chi connectivity index (χ2v) is 10.5. The third-order valence-corrected chi connectivity index (χ3v) is 7.45. The molecule has 5 rings (SSSR count). The van der Waals surface area contributed by atoms with Gasteiger partial charge < -0.3 is 13.9 Å². The van der Waals surface area contributed by atoms with Gasteiger partial charge in [-0.25, -0.2) is 4.98 Å². The summed E-state index contributed by atoms with van der Waals surface area (Å²) in [6, 6.07) is 28.4. The number of nitrogens with zero attached hydrogens (tertiary/aromatic N) is 2. The van der Waals surface area contributed by atoms with Gasteiger partial charge in [-0.15, -0.1) is 0 Å². The molecule has 0 radical (unpaired) electrons. The molecule has 0 aliphatic carbocycles. The van der Waals surface area contributed by atoms with Crippen molar-refractivity contribution in [1.82, 2.24) is 9.88 Å². The zero-order valence-electron chi connectivity index (χ0n) is 23.2. The van der Waals surface area contributed by atoms with Crippen LogP contribution in [-0.2, 0) is 29.1 Å². The molecule has 2 heterocycles. The zero-order valence-corrected chi connectivity index (χ0v) is 23.2. The number of hydrogen-bond donors (Lipinski definition) is 0. The number of carbonyl (C=O) groups excluding carboxylic acids is 1. The molecule has 206 valence electrons. The topological polar surface area (TPSA) is 64.8 Å². The first-order valence-electron chi connectivity index (χ1n) is 13.8. The number of methoxy groups -OCH3 is 1. The number of esters is 1. The maximum Gasteiger partial charge on any atom is 0.310 e. The summed E-state index contributed by atoms with van der Waals surface area (Å²) in [5.74, 6) is 2.00. The second-order valence-electron chi connectivity index (χ2n) is 10.5. The van der Waals surface area contributed by atoms with Crippen molar-refractivity contribution in [3.05, 3.63) is 114 Å². The number of allylic oxidation sites excluding steroid dienone is 1. The normalized spacial score (nSPS) is 17.1. The van der Waals surface area contributed by atoms with Gasteiger partial charge in [-0.05, 0) is 66.6 Å². The number of rotatable bonds is 11. The van der Waals surface area contributed by atoms with E-state index < -0.39 is 0 Å². The van der Waals surface area contributed by atoms with Crippen LogP contribution >= 0.6 is 0 Å². The quantitative estimate of drug-likeness (QED) is 0.196. The summed E-state index contributed by atoms with van der Waals surface area (Å²) < 4.78 is 17.3. The second kappa shape index (κ2) is 12.8. The molecule has 0 spiro atoms. The van der Waals surface area contributed by atoms with Crippen molar-refractivity contribution in [2.45, 2.75) is 32.9 Å². The molecule has 0 bridgehead atoms. The van der Waals surface area contributed by atoms with E-state index in [9.17, 15) is 4.79 Å². The summed E-state index contributed by atoms with van der Waals surface area (Å²) >= 11 is 0. The Morgan fingerprint density at radius 2 is 1.73 bits per heavy atom. The maximum atomic E-state index is 12.6. The molecule has 1 saturated heterocycles. The van der Waals surface area contributed by atoms with E-state index in [1.54, 1.807) is 0 Å². The van der Waals surface area contributed by atoms with Crippen LogP contribution in [0, 0.1) is 11.8 Å². The van der Waals surface area contributed by atoms with Crippen molar-refractivity contribution in [1.29, 1.82) is 0 Å². The highest BCUT2D eigenvalue weighted by atomic mass is 16.5. The third kappa shape index (κ3) is 6.69. The smallest absolute Gasteiger partial charge is 0.310 e. The Morgan fingerprint density at radius 1 is 1.00 bits per heavy atom. The van der Waals surface area contributed by atoms with E-state index in [-0.39, 0.29) is 24.4 Å². The van der Waals surface area contributed by atoms with Crippen LogP contribution in [0.5, 0.6) is 5.75 Å². The Morgan fingerprint density at radius 3 is 2.45 bits per heavy atom. The molecule has 1 aliphatic heterocycles. The lowest BCUT2D eigenvalue weighted by Crippen LogP contribution is -2.25. The van der Waals surface area contributed by atoms with Crippen molar-refractivity contribution in [2.75, 3.05) is 20.2 Å². The Kier molecular flexibility index (Phi) is 8.77. The highest BCUT2D eigenvalue weighted by molar-refractivity contribution is 5.73. The van der Waals surface area contributed by atoms with Crippen LogP contribution in [0.15, 0.2) is 95.9 Å². The molecule has 0 unspecified atom stereocenters. The molecule has 0 N–H and O–H groups in total. The minimum atomic E-state index is -0.117. The lowest BCUT2D eigenvalue weighted by molar-refractivity contribution is -0.146. The van der Waals surface area contributed by atoms with Crippen LogP contribution in [0.2, 0.25) is 0 Å². The van der Waals surface area contributed by atoms with Gasteiger partial charge >= 0.3 is 5.97 Å². The van der Waals surface area contributed by atoms with Crippen LogP contribution in [0.3, 0.4) is 0 Å². The standard InChI is InChI=1S/C34H36N2O4/c1-24(2)32-31(35-33(40-32)27-14-8-5-9-15-27)23-39-29-16-10-13-25(19-29)17-18-28-21-36(22-30(28)34(37)38-3)20-26-11-6-4-7-12-26/h4-16,19,28,30H,1,17-18,20-23H2,2-3H3/t28-,30-/m1/s1. The number of carbonyl (C=O) groups is 1. The van der Waals surface area contributed by atoms with Crippen LogP contribution in [0.25, 0.3) is 17.0 Å². The van der Waals surface area contributed by atoms with Gasteiger partial charge in [0.15, 0.2) is 5.76 Å². The summed E-state index contributed by atoms with van der Waals surface area (Å²) in [5.41, 5.74) is 4.88. The lowest BCUT2D eigenvalue weighted by Gasteiger charge is -2.16. The lowest BCUT2D eigenvalue weighted by atomic mass is 9.90. The first kappa shape index (κ1) is 27.4. The van der Waals surface area contributed by atoms with Gasteiger partial charge in [0, 0.05) is 25.2 Å². The molecular weight excluding hydrogens is 500 g/mol. The number of aryl methyl sites for hydroxylation is 1. The molecule has 6 heteroatoms. The van der Waals surface area contributed by atoms with Gasteiger partial charge in [-0.1, -0.05) is 67.2 Å². The van der Waals surface area contributed by atoms with Crippen molar-refractivity contribution < 1.29 is 18.7 Å². The molecule has 3 aromatic carbocycles. The number of oxazole rings is 1. The molecule has 0 saturated carbocycles. The fraction of sp³-hybridized carbons (Fsp3) is 0.294. The highest BCUT2D eigenvalue weighted by Crippen LogP contribution is 2.31. The molecule has 2 atom stereocenters. The van der Waals surface area contributed by atoms with E-state index in [4.69, 9.17) is 18.9 Å². The van der Waals surface area contributed by atoms with E-state index in [1.165, 1.54) is 18.2 Å². The van der Waals surface area contributed by atoms with Crippen molar-refractivity contribution in [3.8, 4) is 17.2 Å². The van der Waals surface area contributed by atoms with E-state index in [2.05, 4.69) is 47.9 Å².